The zero-order valence-electron chi connectivity index (χ0n) is 9.50. The maximum absolute atomic E-state index is 13.1. The Balaban J connectivity index is 2.37. The van der Waals surface area contributed by atoms with Gasteiger partial charge in [-0.3, -0.25) is 4.99 Å². The van der Waals surface area contributed by atoms with Crippen LogP contribution in [0.15, 0.2) is 23.2 Å². The van der Waals surface area contributed by atoms with Crippen LogP contribution in [0.3, 0.4) is 0 Å². The van der Waals surface area contributed by atoms with E-state index in [0.717, 1.165) is 12.1 Å². The molecule has 1 heterocycles. The Morgan fingerprint density at radius 1 is 1.39 bits per heavy atom. The number of alkyl halides is 3. The Bertz CT molecular complexity index is 496. The van der Waals surface area contributed by atoms with Gasteiger partial charge < -0.3 is 10.6 Å². The fourth-order valence-corrected chi connectivity index (χ4v) is 1.87. The van der Waals surface area contributed by atoms with Gasteiger partial charge in [-0.2, -0.15) is 13.2 Å². The zero-order valence-corrected chi connectivity index (χ0v) is 9.50. The smallest absolute Gasteiger partial charge is 0.370 e. The molecule has 7 heteroatoms. The average Bonchev–Trinajstić information content (AvgIpc) is 2.59. The Kier molecular flexibility index (Phi) is 2.92. The van der Waals surface area contributed by atoms with Gasteiger partial charge in [-0.25, -0.2) is 4.39 Å². The van der Waals surface area contributed by atoms with E-state index in [-0.39, 0.29) is 18.5 Å². The van der Waals surface area contributed by atoms with Crippen LogP contribution in [-0.4, -0.2) is 24.5 Å². The van der Waals surface area contributed by atoms with Crippen molar-refractivity contribution in [2.75, 3.05) is 13.6 Å². The minimum absolute atomic E-state index is 0.262. The minimum Gasteiger partial charge on any atom is -0.370 e. The lowest BCUT2D eigenvalue weighted by Gasteiger charge is -2.22. The highest BCUT2D eigenvalue weighted by Crippen LogP contribution is 2.34. The summed E-state index contributed by atoms with van der Waals surface area (Å²) in [4.78, 5) is 5.50. The first-order chi connectivity index (χ1) is 8.30. The van der Waals surface area contributed by atoms with Crippen molar-refractivity contribution in [3.05, 3.63) is 35.1 Å². The van der Waals surface area contributed by atoms with Crippen molar-refractivity contribution in [2.24, 2.45) is 10.7 Å². The number of halogens is 4. The first-order valence-corrected chi connectivity index (χ1v) is 5.20. The van der Waals surface area contributed by atoms with Crippen molar-refractivity contribution in [1.29, 1.82) is 0 Å². The molecule has 1 aliphatic rings. The quantitative estimate of drug-likeness (QED) is 0.787. The average molecular weight is 261 g/mol. The number of likely N-dealkylation sites (N-methyl/N-ethyl adjacent to an activating group) is 1. The van der Waals surface area contributed by atoms with Gasteiger partial charge in [-0.1, -0.05) is 6.07 Å². The molecule has 18 heavy (non-hydrogen) atoms. The summed E-state index contributed by atoms with van der Waals surface area (Å²) in [6, 6.07) is 2.57. The summed E-state index contributed by atoms with van der Waals surface area (Å²) in [5, 5.41) is 0. The molecule has 3 nitrogen and oxygen atoms in total. The van der Waals surface area contributed by atoms with Crippen molar-refractivity contribution in [3.63, 3.8) is 0 Å². The molecule has 2 N–H and O–H groups in total. The van der Waals surface area contributed by atoms with Gasteiger partial charge in [0.05, 0.1) is 18.2 Å². The molecule has 1 aliphatic heterocycles. The van der Waals surface area contributed by atoms with E-state index in [1.165, 1.54) is 6.07 Å². The van der Waals surface area contributed by atoms with Gasteiger partial charge in [-0.05, 0) is 17.7 Å². The van der Waals surface area contributed by atoms with Crippen LogP contribution in [-0.2, 0) is 6.18 Å². The van der Waals surface area contributed by atoms with Crippen LogP contribution in [0, 0.1) is 5.82 Å². The maximum atomic E-state index is 13.1. The SMILES string of the molecule is CN1C(N)=NCC1c1ccc(F)c(C(F)(F)F)c1. The molecule has 1 atom stereocenters. The van der Waals surface area contributed by atoms with Crippen LogP contribution in [0.4, 0.5) is 17.6 Å². The molecule has 1 aromatic rings. The molecular weight excluding hydrogens is 250 g/mol. The van der Waals surface area contributed by atoms with E-state index in [1.54, 1.807) is 11.9 Å². The lowest BCUT2D eigenvalue weighted by atomic mass is 10.0. The van der Waals surface area contributed by atoms with Crippen molar-refractivity contribution < 1.29 is 17.6 Å². The summed E-state index contributed by atoms with van der Waals surface area (Å²) in [5.74, 6) is -1.02. The Labute approximate surface area is 101 Å². The monoisotopic (exact) mass is 261 g/mol. The lowest BCUT2D eigenvalue weighted by Crippen LogP contribution is -2.32. The van der Waals surface area contributed by atoms with Crippen LogP contribution >= 0.6 is 0 Å². The van der Waals surface area contributed by atoms with Crippen molar-refractivity contribution in [1.82, 2.24) is 4.90 Å². The van der Waals surface area contributed by atoms with Crippen LogP contribution in [0.2, 0.25) is 0 Å². The third kappa shape index (κ3) is 2.12. The number of nitrogens with two attached hydrogens (primary N) is 1. The summed E-state index contributed by atoms with van der Waals surface area (Å²) < 4.78 is 50.9. The number of rotatable bonds is 1. The summed E-state index contributed by atoms with van der Waals surface area (Å²) in [5.41, 5.74) is 4.62. The molecule has 0 aromatic heterocycles. The van der Waals surface area contributed by atoms with Gasteiger partial charge in [0.2, 0.25) is 0 Å². The van der Waals surface area contributed by atoms with Crippen LogP contribution < -0.4 is 5.73 Å². The van der Waals surface area contributed by atoms with Crippen LogP contribution in [0.25, 0.3) is 0 Å². The second kappa shape index (κ2) is 4.15. The molecule has 2 rings (SSSR count). The van der Waals surface area contributed by atoms with E-state index in [9.17, 15) is 17.6 Å². The van der Waals surface area contributed by atoms with Crippen molar-refractivity contribution >= 4 is 5.96 Å². The summed E-state index contributed by atoms with van der Waals surface area (Å²) in [7, 11) is 1.63. The fourth-order valence-electron chi connectivity index (χ4n) is 1.87. The van der Waals surface area contributed by atoms with Gasteiger partial charge in [-0.15, -0.1) is 0 Å². The molecule has 0 aliphatic carbocycles. The normalized spacial score (nSPS) is 20.2. The van der Waals surface area contributed by atoms with E-state index in [1.807, 2.05) is 0 Å². The van der Waals surface area contributed by atoms with E-state index < -0.39 is 17.6 Å². The predicted octanol–water partition coefficient (Wildman–Crippen LogP) is 2.15. The Hall–Kier alpha value is -1.79. The second-order valence-electron chi connectivity index (χ2n) is 4.06. The number of benzene rings is 1. The number of hydrogen-bond acceptors (Lipinski definition) is 3. The number of nitrogens with zero attached hydrogens (tertiary/aromatic N) is 2. The minimum atomic E-state index is -4.70. The summed E-state index contributed by atoms with van der Waals surface area (Å²) in [6.07, 6.45) is -4.70. The van der Waals surface area contributed by atoms with Gasteiger partial charge in [0.15, 0.2) is 5.96 Å². The Morgan fingerprint density at radius 2 is 2.06 bits per heavy atom. The molecule has 0 spiro atoms. The van der Waals surface area contributed by atoms with Crippen LogP contribution in [0.5, 0.6) is 0 Å². The standard InChI is InChI=1S/C11H11F4N3/c1-18-9(5-17-10(18)16)6-2-3-8(12)7(4-6)11(13,14)15/h2-4,9H,5H2,1H3,(H2,16,17). The lowest BCUT2D eigenvalue weighted by molar-refractivity contribution is -0.140. The Morgan fingerprint density at radius 3 is 2.56 bits per heavy atom. The van der Waals surface area contributed by atoms with E-state index in [2.05, 4.69) is 4.99 Å². The molecule has 0 saturated heterocycles. The number of guanidine groups is 1. The topological polar surface area (TPSA) is 41.6 Å². The first kappa shape index (κ1) is 12.7. The third-order valence-corrected chi connectivity index (χ3v) is 2.94. The maximum Gasteiger partial charge on any atom is 0.419 e. The van der Waals surface area contributed by atoms with Crippen molar-refractivity contribution in [3.8, 4) is 0 Å². The number of aliphatic imine (C=N–C) groups is 1. The van der Waals surface area contributed by atoms with Gasteiger partial charge in [0.25, 0.3) is 0 Å². The molecule has 98 valence electrons. The molecular formula is C11H11F4N3. The van der Waals surface area contributed by atoms with E-state index >= 15 is 0 Å². The van der Waals surface area contributed by atoms with Gasteiger partial charge >= 0.3 is 6.18 Å². The van der Waals surface area contributed by atoms with Gasteiger partial charge in [0.1, 0.15) is 5.82 Å². The van der Waals surface area contributed by atoms with E-state index in [4.69, 9.17) is 5.73 Å². The molecule has 0 saturated carbocycles. The molecule has 0 bridgehead atoms. The zero-order chi connectivity index (χ0) is 13.5. The molecule has 1 aromatic carbocycles. The first-order valence-electron chi connectivity index (χ1n) is 5.20. The molecule has 0 amide bonds. The highest BCUT2D eigenvalue weighted by atomic mass is 19.4. The highest BCUT2D eigenvalue weighted by Gasteiger charge is 2.35. The molecule has 1 unspecified atom stereocenters. The van der Waals surface area contributed by atoms with E-state index in [0.29, 0.717) is 5.56 Å². The largest absolute Gasteiger partial charge is 0.419 e. The predicted molar refractivity (Wildman–Crippen MR) is 58.4 cm³/mol. The second-order valence-corrected chi connectivity index (χ2v) is 4.06. The highest BCUT2D eigenvalue weighted by molar-refractivity contribution is 5.80. The van der Waals surface area contributed by atoms with Crippen molar-refractivity contribution in [2.45, 2.75) is 12.2 Å². The fraction of sp³-hybridized carbons (Fsp3) is 0.364. The van der Waals surface area contributed by atoms with Crippen LogP contribution in [0.1, 0.15) is 17.2 Å². The number of hydrogen-bond donors (Lipinski definition) is 1. The third-order valence-electron chi connectivity index (χ3n) is 2.94. The summed E-state index contributed by atoms with van der Waals surface area (Å²) >= 11 is 0. The molecule has 0 radical (unpaired) electrons. The van der Waals surface area contributed by atoms with Gasteiger partial charge in [0, 0.05) is 7.05 Å². The summed E-state index contributed by atoms with van der Waals surface area (Å²) in [6.45, 7) is 0.269. The molecule has 0 fully saturated rings.